The molecule has 0 saturated heterocycles. The van der Waals surface area contributed by atoms with E-state index in [1.165, 1.54) is 10.8 Å². The van der Waals surface area contributed by atoms with Gasteiger partial charge in [-0.1, -0.05) is 54.6 Å². The van der Waals surface area contributed by atoms with Crippen LogP contribution in [0.2, 0.25) is 0 Å². The van der Waals surface area contributed by atoms with Gasteiger partial charge in [0.05, 0.1) is 5.69 Å². The number of H-pyrrole nitrogens is 1. The van der Waals surface area contributed by atoms with Crippen LogP contribution < -0.4 is 16.0 Å². The van der Waals surface area contributed by atoms with Crippen LogP contribution in [0, 0.1) is 0 Å². The zero-order chi connectivity index (χ0) is 18.6. The van der Waals surface area contributed by atoms with Gasteiger partial charge < -0.3 is 4.74 Å². The molecule has 0 bridgehead atoms. The smallest absolute Gasteiger partial charge is 0.283 e. The third-order valence-corrected chi connectivity index (χ3v) is 4.38. The van der Waals surface area contributed by atoms with Crippen LogP contribution in [0.15, 0.2) is 72.8 Å². The molecular formula is C21H18N4O2. The van der Waals surface area contributed by atoms with Crippen molar-refractivity contribution in [3.05, 3.63) is 84.1 Å². The van der Waals surface area contributed by atoms with Gasteiger partial charge >= 0.3 is 0 Å². The molecule has 6 heteroatoms. The molecule has 6 nitrogen and oxygen atoms in total. The number of nitrogens with two attached hydrogens (primary N) is 1. The van der Waals surface area contributed by atoms with Gasteiger partial charge in [-0.05, 0) is 34.5 Å². The maximum atomic E-state index is 11.6. The van der Waals surface area contributed by atoms with Crippen LogP contribution in [-0.4, -0.2) is 16.1 Å². The summed E-state index contributed by atoms with van der Waals surface area (Å²) in [6.07, 6.45) is 0. The topological polar surface area (TPSA) is 93.0 Å². The standard InChI is InChI=1S/C21H18N4O2/c22-23-21(26)19-12-18(24-25-19)17-10-3-4-11-20(17)27-13-15-8-5-7-14-6-1-2-9-16(14)15/h1-12H,13,22H2,(H,23,26)(H,24,25). The van der Waals surface area contributed by atoms with Crippen molar-refractivity contribution in [2.45, 2.75) is 6.61 Å². The number of amides is 1. The van der Waals surface area contributed by atoms with Gasteiger partial charge in [0.1, 0.15) is 18.1 Å². The molecule has 1 amide bonds. The van der Waals surface area contributed by atoms with E-state index in [2.05, 4.69) is 39.9 Å². The lowest BCUT2D eigenvalue weighted by Gasteiger charge is -2.12. The van der Waals surface area contributed by atoms with Crippen molar-refractivity contribution in [2.24, 2.45) is 5.84 Å². The zero-order valence-corrected chi connectivity index (χ0v) is 14.5. The first-order chi connectivity index (χ1) is 13.3. The van der Waals surface area contributed by atoms with Gasteiger partial charge in [-0.25, -0.2) is 5.84 Å². The number of hydrogen-bond donors (Lipinski definition) is 3. The number of nitrogen functional groups attached to an aromatic ring is 1. The number of aromatic nitrogens is 2. The molecule has 0 fully saturated rings. The molecule has 4 N–H and O–H groups in total. The second kappa shape index (κ2) is 7.31. The number of aromatic amines is 1. The summed E-state index contributed by atoms with van der Waals surface area (Å²) in [6, 6.07) is 23.6. The molecule has 1 heterocycles. The van der Waals surface area contributed by atoms with Crippen molar-refractivity contribution in [2.75, 3.05) is 0 Å². The lowest BCUT2D eigenvalue weighted by molar-refractivity contribution is 0.0948. The summed E-state index contributed by atoms with van der Waals surface area (Å²) in [7, 11) is 0. The van der Waals surface area contributed by atoms with Crippen molar-refractivity contribution in [3.63, 3.8) is 0 Å². The molecule has 0 unspecified atom stereocenters. The highest BCUT2D eigenvalue weighted by Crippen LogP contribution is 2.30. The molecule has 4 aromatic rings. The van der Waals surface area contributed by atoms with E-state index in [4.69, 9.17) is 10.6 Å². The number of para-hydroxylation sites is 1. The molecule has 0 radical (unpaired) electrons. The maximum absolute atomic E-state index is 11.6. The van der Waals surface area contributed by atoms with Gasteiger partial charge in [0, 0.05) is 5.56 Å². The largest absolute Gasteiger partial charge is 0.488 e. The Morgan fingerprint density at radius 2 is 1.81 bits per heavy atom. The van der Waals surface area contributed by atoms with E-state index in [0.29, 0.717) is 18.1 Å². The zero-order valence-electron chi connectivity index (χ0n) is 14.5. The van der Waals surface area contributed by atoms with Crippen molar-refractivity contribution in [1.29, 1.82) is 0 Å². The normalized spacial score (nSPS) is 10.7. The third kappa shape index (κ3) is 3.38. The van der Waals surface area contributed by atoms with Crippen molar-refractivity contribution < 1.29 is 9.53 Å². The molecule has 0 saturated carbocycles. The first kappa shape index (κ1) is 16.8. The van der Waals surface area contributed by atoms with Gasteiger partial charge in [0.15, 0.2) is 0 Å². The molecule has 134 valence electrons. The molecule has 3 aromatic carbocycles. The number of benzene rings is 3. The Hall–Kier alpha value is -3.64. The molecule has 0 spiro atoms. The minimum absolute atomic E-state index is 0.288. The molecule has 0 aliphatic carbocycles. The summed E-state index contributed by atoms with van der Waals surface area (Å²) in [6.45, 7) is 0.429. The number of hydrazine groups is 1. The monoisotopic (exact) mass is 358 g/mol. The Morgan fingerprint density at radius 1 is 1.04 bits per heavy atom. The highest BCUT2D eigenvalue weighted by atomic mass is 16.5. The number of fused-ring (bicyclic) bond motifs is 1. The van der Waals surface area contributed by atoms with Crippen LogP contribution in [0.4, 0.5) is 0 Å². The molecule has 0 aliphatic rings. The summed E-state index contributed by atoms with van der Waals surface area (Å²) in [5.41, 5.74) is 4.89. The summed E-state index contributed by atoms with van der Waals surface area (Å²) in [5, 5.41) is 9.23. The van der Waals surface area contributed by atoms with Crippen molar-refractivity contribution >= 4 is 16.7 Å². The average molecular weight is 358 g/mol. The number of ether oxygens (including phenoxy) is 1. The van der Waals surface area contributed by atoms with E-state index in [9.17, 15) is 4.79 Å². The fourth-order valence-corrected chi connectivity index (χ4v) is 3.03. The molecular weight excluding hydrogens is 340 g/mol. The highest BCUT2D eigenvalue weighted by molar-refractivity contribution is 5.93. The van der Waals surface area contributed by atoms with Gasteiger partial charge in [-0.2, -0.15) is 5.10 Å². The van der Waals surface area contributed by atoms with Crippen LogP contribution in [0.5, 0.6) is 5.75 Å². The summed E-state index contributed by atoms with van der Waals surface area (Å²) in [4.78, 5) is 11.6. The summed E-state index contributed by atoms with van der Waals surface area (Å²) >= 11 is 0. The maximum Gasteiger partial charge on any atom is 0.283 e. The number of carbonyl (C=O) groups is 1. The summed E-state index contributed by atoms with van der Waals surface area (Å²) < 4.78 is 6.10. The minimum atomic E-state index is -0.428. The van der Waals surface area contributed by atoms with Crippen LogP contribution >= 0.6 is 0 Å². The van der Waals surface area contributed by atoms with Crippen LogP contribution in [-0.2, 0) is 6.61 Å². The predicted octanol–water partition coefficient (Wildman–Crippen LogP) is 3.41. The number of hydrogen-bond acceptors (Lipinski definition) is 4. The lowest BCUT2D eigenvalue weighted by Crippen LogP contribution is -2.30. The highest BCUT2D eigenvalue weighted by Gasteiger charge is 2.13. The quantitative estimate of drug-likeness (QED) is 0.289. The van der Waals surface area contributed by atoms with E-state index in [1.54, 1.807) is 6.07 Å². The van der Waals surface area contributed by atoms with E-state index in [1.807, 2.05) is 42.5 Å². The average Bonchev–Trinajstić information content (AvgIpc) is 3.22. The Morgan fingerprint density at radius 3 is 2.70 bits per heavy atom. The number of nitrogens with zero attached hydrogens (tertiary/aromatic N) is 1. The van der Waals surface area contributed by atoms with Crippen molar-refractivity contribution in [1.82, 2.24) is 15.6 Å². The predicted molar refractivity (Wildman–Crippen MR) is 104 cm³/mol. The van der Waals surface area contributed by atoms with Crippen LogP contribution in [0.1, 0.15) is 16.1 Å². The Kier molecular flexibility index (Phi) is 4.55. The molecule has 27 heavy (non-hydrogen) atoms. The van der Waals surface area contributed by atoms with E-state index >= 15 is 0 Å². The lowest BCUT2D eigenvalue weighted by atomic mass is 10.1. The molecule has 1 aromatic heterocycles. The fourth-order valence-electron chi connectivity index (χ4n) is 3.03. The van der Waals surface area contributed by atoms with Crippen molar-refractivity contribution in [3.8, 4) is 17.0 Å². The SMILES string of the molecule is NNC(=O)c1cc(-c2ccccc2OCc2cccc3ccccc23)n[nH]1. The minimum Gasteiger partial charge on any atom is -0.488 e. The fraction of sp³-hybridized carbons (Fsp3) is 0.0476. The molecule has 0 atom stereocenters. The Bertz CT molecular complexity index is 1100. The Balaban J connectivity index is 1.62. The van der Waals surface area contributed by atoms with E-state index in [0.717, 1.165) is 11.1 Å². The number of carbonyl (C=O) groups excluding carboxylic acids is 1. The first-order valence-corrected chi connectivity index (χ1v) is 8.51. The van der Waals surface area contributed by atoms with Crippen LogP contribution in [0.25, 0.3) is 22.0 Å². The van der Waals surface area contributed by atoms with Crippen LogP contribution in [0.3, 0.4) is 0 Å². The molecule has 4 rings (SSSR count). The molecule has 0 aliphatic heterocycles. The number of nitrogens with one attached hydrogen (secondary N) is 2. The van der Waals surface area contributed by atoms with Gasteiger partial charge in [0.2, 0.25) is 0 Å². The van der Waals surface area contributed by atoms with E-state index < -0.39 is 5.91 Å². The van der Waals surface area contributed by atoms with E-state index in [-0.39, 0.29) is 5.69 Å². The second-order valence-corrected chi connectivity index (χ2v) is 6.06. The van der Waals surface area contributed by atoms with Gasteiger partial charge in [0.25, 0.3) is 5.91 Å². The Labute approximate surface area is 155 Å². The van der Waals surface area contributed by atoms with Gasteiger partial charge in [-0.3, -0.25) is 15.3 Å². The third-order valence-electron chi connectivity index (χ3n) is 4.38. The second-order valence-electron chi connectivity index (χ2n) is 6.06. The van der Waals surface area contributed by atoms with Gasteiger partial charge in [-0.15, -0.1) is 0 Å². The summed E-state index contributed by atoms with van der Waals surface area (Å²) in [5.74, 6) is 5.43. The number of rotatable bonds is 5. The first-order valence-electron chi connectivity index (χ1n) is 8.51.